The second-order valence-corrected chi connectivity index (χ2v) is 6.03. The molecule has 0 atom stereocenters. The van der Waals surface area contributed by atoms with Crippen molar-refractivity contribution in [3.05, 3.63) is 50.7 Å². The van der Waals surface area contributed by atoms with Gasteiger partial charge in [-0.15, -0.1) is 11.8 Å². The van der Waals surface area contributed by atoms with E-state index in [4.69, 9.17) is 4.74 Å². The molecule has 128 valence electrons. The zero-order valence-electron chi connectivity index (χ0n) is 14.0. The Kier molecular flexibility index (Phi) is 5.50. The van der Waals surface area contributed by atoms with Crippen molar-refractivity contribution in [2.75, 3.05) is 18.2 Å². The van der Waals surface area contributed by atoms with Crippen LogP contribution in [0.1, 0.15) is 5.56 Å². The SMILES string of the molecule is CSc1c(C)cccc1OCC(=O)Nc1cc(=O)n(C)c(=O)n1C. The van der Waals surface area contributed by atoms with E-state index in [1.807, 2.05) is 25.3 Å². The Labute approximate surface area is 143 Å². The van der Waals surface area contributed by atoms with E-state index in [1.54, 1.807) is 6.07 Å². The van der Waals surface area contributed by atoms with Gasteiger partial charge >= 0.3 is 5.69 Å². The summed E-state index contributed by atoms with van der Waals surface area (Å²) >= 11 is 1.54. The van der Waals surface area contributed by atoms with E-state index >= 15 is 0 Å². The zero-order chi connectivity index (χ0) is 17.9. The third-order valence-corrected chi connectivity index (χ3v) is 4.46. The molecule has 1 amide bonds. The summed E-state index contributed by atoms with van der Waals surface area (Å²) in [6, 6.07) is 6.81. The molecule has 1 aromatic heterocycles. The molecular formula is C16H19N3O4S. The van der Waals surface area contributed by atoms with Crippen LogP contribution in [-0.4, -0.2) is 27.9 Å². The summed E-state index contributed by atoms with van der Waals surface area (Å²) in [5.74, 6) is 0.299. The first-order chi connectivity index (χ1) is 11.3. The minimum atomic E-state index is -0.512. The summed E-state index contributed by atoms with van der Waals surface area (Å²) in [5.41, 5.74) is 0.0640. The molecule has 2 rings (SSSR count). The van der Waals surface area contributed by atoms with Crippen LogP contribution in [0.2, 0.25) is 0 Å². The molecule has 1 N–H and O–H groups in total. The highest BCUT2D eigenvalue weighted by molar-refractivity contribution is 7.98. The van der Waals surface area contributed by atoms with Crippen molar-refractivity contribution < 1.29 is 9.53 Å². The zero-order valence-corrected chi connectivity index (χ0v) is 14.8. The smallest absolute Gasteiger partial charge is 0.332 e. The Hall–Kier alpha value is -2.48. The maximum Gasteiger partial charge on any atom is 0.332 e. The first-order valence-electron chi connectivity index (χ1n) is 7.18. The summed E-state index contributed by atoms with van der Waals surface area (Å²) in [6.07, 6.45) is 1.94. The fourth-order valence-corrected chi connectivity index (χ4v) is 2.89. The number of thioether (sulfide) groups is 1. The summed E-state index contributed by atoms with van der Waals surface area (Å²) in [5, 5.41) is 2.52. The molecule has 1 aromatic carbocycles. The summed E-state index contributed by atoms with van der Waals surface area (Å²) < 4.78 is 7.72. The highest BCUT2D eigenvalue weighted by Crippen LogP contribution is 2.30. The first kappa shape index (κ1) is 17.9. The number of benzene rings is 1. The lowest BCUT2D eigenvalue weighted by Crippen LogP contribution is -2.38. The predicted octanol–water partition coefficient (Wildman–Crippen LogP) is 1.13. The predicted molar refractivity (Wildman–Crippen MR) is 94.0 cm³/mol. The molecule has 0 aliphatic rings. The van der Waals surface area contributed by atoms with Crippen molar-refractivity contribution in [3.8, 4) is 5.75 Å². The number of carbonyl (C=O) groups is 1. The second kappa shape index (κ2) is 7.39. The van der Waals surface area contributed by atoms with Crippen LogP contribution in [0.5, 0.6) is 5.75 Å². The minimum absolute atomic E-state index is 0.131. The first-order valence-corrected chi connectivity index (χ1v) is 8.41. The van der Waals surface area contributed by atoms with Crippen LogP contribution in [0.25, 0.3) is 0 Å². The van der Waals surface area contributed by atoms with Gasteiger partial charge in [0.1, 0.15) is 11.6 Å². The highest BCUT2D eigenvalue weighted by Gasteiger charge is 2.11. The lowest BCUT2D eigenvalue weighted by atomic mass is 10.2. The average Bonchev–Trinajstić information content (AvgIpc) is 2.56. The number of rotatable bonds is 5. The molecule has 2 aromatic rings. The number of hydrogen-bond donors (Lipinski definition) is 1. The van der Waals surface area contributed by atoms with Gasteiger partial charge in [0, 0.05) is 20.2 Å². The molecule has 0 unspecified atom stereocenters. The fraction of sp³-hybridized carbons (Fsp3) is 0.312. The molecule has 0 spiro atoms. The van der Waals surface area contributed by atoms with Gasteiger partial charge in [0.05, 0.1) is 4.90 Å². The van der Waals surface area contributed by atoms with E-state index in [1.165, 1.54) is 36.5 Å². The molecule has 0 aliphatic heterocycles. The van der Waals surface area contributed by atoms with Gasteiger partial charge in [-0.05, 0) is 24.8 Å². The highest BCUT2D eigenvalue weighted by atomic mass is 32.2. The van der Waals surface area contributed by atoms with Crippen molar-refractivity contribution in [1.29, 1.82) is 0 Å². The van der Waals surface area contributed by atoms with Gasteiger partial charge in [-0.3, -0.25) is 18.7 Å². The lowest BCUT2D eigenvalue weighted by molar-refractivity contribution is -0.118. The second-order valence-electron chi connectivity index (χ2n) is 5.21. The fourth-order valence-electron chi connectivity index (χ4n) is 2.18. The summed E-state index contributed by atoms with van der Waals surface area (Å²) in [7, 11) is 2.85. The van der Waals surface area contributed by atoms with E-state index in [9.17, 15) is 14.4 Å². The number of aromatic nitrogens is 2. The number of carbonyl (C=O) groups excluding carboxylic acids is 1. The molecular weight excluding hydrogens is 330 g/mol. The molecule has 24 heavy (non-hydrogen) atoms. The molecule has 0 fully saturated rings. The Bertz CT molecular complexity index is 886. The van der Waals surface area contributed by atoms with Crippen LogP contribution < -0.4 is 21.3 Å². The van der Waals surface area contributed by atoms with Gasteiger partial charge in [0.2, 0.25) is 0 Å². The van der Waals surface area contributed by atoms with Crippen molar-refractivity contribution >= 4 is 23.5 Å². The van der Waals surface area contributed by atoms with Gasteiger partial charge in [-0.2, -0.15) is 0 Å². The molecule has 0 saturated carbocycles. The third-order valence-electron chi connectivity index (χ3n) is 3.53. The van der Waals surface area contributed by atoms with Crippen LogP contribution in [0.15, 0.2) is 38.8 Å². The number of amides is 1. The number of nitrogens with one attached hydrogen (secondary N) is 1. The standard InChI is InChI=1S/C16H19N3O4S/c1-10-6-5-7-11(15(10)24-4)23-9-13(20)17-12-8-14(21)19(3)16(22)18(12)2/h5-8H,9H2,1-4H3,(H,17,20). The number of anilines is 1. The average molecular weight is 349 g/mol. The summed E-state index contributed by atoms with van der Waals surface area (Å²) in [6.45, 7) is 1.74. The van der Waals surface area contributed by atoms with Crippen molar-refractivity contribution in [2.24, 2.45) is 14.1 Å². The van der Waals surface area contributed by atoms with E-state index in [2.05, 4.69) is 5.32 Å². The molecule has 7 nitrogen and oxygen atoms in total. The maximum absolute atomic E-state index is 12.1. The molecule has 0 bridgehead atoms. The molecule has 0 aliphatic carbocycles. The van der Waals surface area contributed by atoms with Crippen LogP contribution >= 0.6 is 11.8 Å². The van der Waals surface area contributed by atoms with E-state index in [-0.39, 0.29) is 12.4 Å². The van der Waals surface area contributed by atoms with E-state index in [0.717, 1.165) is 15.0 Å². The van der Waals surface area contributed by atoms with Gasteiger partial charge in [-0.25, -0.2) is 4.79 Å². The van der Waals surface area contributed by atoms with Gasteiger partial charge in [0.25, 0.3) is 11.5 Å². The topological polar surface area (TPSA) is 82.3 Å². The van der Waals surface area contributed by atoms with Crippen LogP contribution in [-0.2, 0) is 18.9 Å². The molecule has 8 heteroatoms. The molecule has 1 heterocycles. The summed E-state index contributed by atoms with van der Waals surface area (Å²) in [4.78, 5) is 36.5. The Morgan fingerprint density at radius 1 is 1.25 bits per heavy atom. The Balaban J connectivity index is 2.12. The van der Waals surface area contributed by atoms with E-state index in [0.29, 0.717) is 5.75 Å². The van der Waals surface area contributed by atoms with Crippen LogP contribution in [0, 0.1) is 6.92 Å². The largest absolute Gasteiger partial charge is 0.483 e. The Morgan fingerprint density at radius 3 is 2.62 bits per heavy atom. The third kappa shape index (κ3) is 3.70. The molecule has 0 saturated heterocycles. The number of nitrogens with zero attached hydrogens (tertiary/aromatic N) is 2. The quantitative estimate of drug-likeness (QED) is 0.819. The molecule has 0 radical (unpaired) electrons. The van der Waals surface area contributed by atoms with Crippen molar-refractivity contribution in [3.63, 3.8) is 0 Å². The van der Waals surface area contributed by atoms with Crippen LogP contribution in [0.3, 0.4) is 0 Å². The number of ether oxygens (including phenoxy) is 1. The monoisotopic (exact) mass is 349 g/mol. The normalized spacial score (nSPS) is 10.5. The number of hydrogen-bond acceptors (Lipinski definition) is 5. The number of aryl methyl sites for hydroxylation is 1. The van der Waals surface area contributed by atoms with E-state index < -0.39 is 17.2 Å². The Morgan fingerprint density at radius 2 is 1.96 bits per heavy atom. The van der Waals surface area contributed by atoms with Crippen molar-refractivity contribution in [2.45, 2.75) is 11.8 Å². The van der Waals surface area contributed by atoms with Gasteiger partial charge in [-0.1, -0.05) is 12.1 Å². The maximum atomic E-state index is 12.1. The van der Waals surface area contributed by atoms with Gasteiger partial charge < -0.3 is 10.1 Å². The minimum Gasteiger partial charge on any atom is -0.483 e. The van der Waals surface area contributed by atoms with Crippen LogP contribution in [0.4, 0.5) is 5.82 Å². The van der Waals surface area contributed by atoms with Crippen molar-refractivity contribution in [1.82, 2.24) is 9.13 Å². The lowest BCUT2D eigenvalue weighted by Gasteiger charge is -2.13. The van der Waals surface area contributed by atoms with Gasteiger partial charge in [0.15, 0.2) is 6.61 Å².